The molecular formula is C15H20Cl2F2N2. The molecule has 1 aliphatic heterocycles. The zero-order valence-electron chi connectivity index (χ0n) is 11.7. The van der Waals surface area contributed by atoms with Gasteiger partial charge in [0.2, 0.25) is 0 Å². The molecule has 1 heterocycles. The van der Waals surface area contributed by atoms with Crippen LogP contribution in [0.5, 0.6) is 0 Å². The summed E-state index contributed by atoms with van der Waals surface area (Å²) in [4.78, 5) is 2.19. The summed E-state index contributed by atoms with van der Waals surface area (Å²) in [5.41, 5.74) is 0.159. The normalized spacial score (nSPS) is 20.9. The Hall–Kier alpha value is -0.420. The highest BCUT2D eigenvalue weighted by Crippen LogP contribution is 2.42. The van der Waals surface area contributed by atoms with E-state index in [4.69, 9.17) is 11.6 Å². The molecule has 6 heteroatoms. The van der Waals surface area contributed by atoms with Crippen molar-refractivity contribution in [1.82, 2.24) is 10.2 Å². The quantitative estimate of drug-likeness (QED) is 0.841. The average Bonchev–Trinajstić information content (AvgIpc) is 3.27. The Morgan fingerprint density at radius 2 is 1.90 bits per heavy atom. The molecular weight excluding hydrogens is 317 g/mol. The summed E-state index contributed by atoms with van der Waals surface area (Å²) in [7, 11) is 0. The zero-order chi connectivity index (χ0) is 14.1. The van der Waals surface area contributed by atoms with Crippen molar-refractivity contribution < 1.29 is 8.78 Å². The first-order chi connectivity index (χ1) is 9.66. The van der Waals surface area contributed by atoms with Gasteiger partial charge in [0.25, 0.3) is 0 Å². The second-order valence-corrected chi connectivity index (χ2v) is 6.14. The van der Waals surface area contributed by atoms with E-state index in [-0.39, 0.29) is 29.0 Å². The molecule has 1 aromatic rings. The number of hydrogen-bond donors (Lipinski definition) is 1. The van der Waals surface area contributed by atoms with Crippen molar-refractivity contribution in [2.45, 2.75) is 25.3 Å². The highest BCUT2D eigenvalue weighted by atomic mass is 35.5. The second kappa shape index (κ2) is 7.23. The third kappa shape index (κ3) is 3.86. The van der Waals surface area contributed by atoms with E-state index in [0.717, 1.165) is 32.6 Å². The Kier molecular flexibility index (Phi) is 5.83. The molecule has 118 valence electrons. The summed E-state index contributed by atoms with van der Waals surface area (Å²) in [6, 6.07) is 2.38. The van der Waals surface area contributed by atoms with E-state index in [1.165, 1.54) is 25.0 Å². The number of piperazine rings is 1. The van der Waals surface area contributed by atoms with Gasteiger partial charge in [0.05, 0.1) is 5.02 Å². The van der Waals surface area contributed by atoms with Crippen LogP contribution in [0.1, 0.15) is 30.9 Å². The first-order valence-corrected chi connectivity index (χ1v) is 7.63. The lowest BCUT2D eigenvalue weighted by atomic mass is 9.97. The van der Waals surface area contributed by atoms with Gasteiger partial charge in [0.15, 0.2) is 0 Å². The monoisotopic (exact) mass is 336 g/mol. The third-order valence-electron chi connectivity index (χ3n) is 4.26. The predicted molar refractivity (Wildman–Crippen MR) is 83.1 cm³/mol. The summed E-state index contributed by atoms with van der Waals surface area (Å²) in [6.07, 6.45) is 3.17. The molecule has 1 aromatic carbocycles. The molecule has 1 saturated carbocycles. The molecule has 1 atom stereocenters. The summed E-state index contributed by atoms with van der Waals surface area (Å²) >= 11 is 5.85. The Morgan fingerprint density at radius 3 is 2.52 bits per heavy atom. The first kappa shape index (κ1) is 16.9. The van der Waals surface area contributed by atoms with E-state index < -0.39 is 11.6 Å². The van der Waals surface area contributed by atoms with Gasteiger partial charge >= 0.3 is 0 Å². The molecule has 2 aliphatic rings. The minimum Gasteiger partial charge on any atom is -0.314 e. The molecule has 0 spiro atoms. The zero-order valence-corrected chi connectivity index (χ0v) is 13.3. The van der Waals surface area contributed by atoms with Crippen LogP contribution in [0.2, 0.25) is 5.02 Å². The smallest absolute Gasteiger partial charge is 0.149 e. The highest BCUT2D eigenvalue weighted by Gasteiger charge is 2.34. The second-order valence-electron chi connectivity index (χ2n) is 5.74. The largest absolute Gasteiger partial charge is 0.314 e. The van der Waals surface area contributed by atoms with Gasteiger partial charge in [-0.05, 0) is 24.5 Å². The molecule has 2 nitrogen and oxygen atoms in total. The van der Waals surface area contributed by atoms with E-state index in [0.29, 0.717) is 5.92 Å². The van der Waals surface area contributed by atoms with Crippen molar-refractivity contribution in [3.8, 4) is 0 Å². The summed E-state index contributed by atoms with van der Waals surface area (Å²) < 4.78 is 28.5. The van der Waals surface area contributed by atoms with Gasteiger partial charge in [-0.15, -0.1) is 12.4 Å². The number of halogens is 4. The van der Waals surface area contributed by atoms with Gasteiger partial charge in [-0.3, -0.25) is 4.90 Å². The van der Waals surface area contributed by atoms with Gasteiger partial charge in [0.1, 0.15) is 11.6 Å². The molecule has 3 rings (SSSR count). The fourth-order valence-electron chi connectivity index (χ4n) is 2.96. The van der Waals surface area contributed by atoms with Crippen LogP contribution in [0.15, 0.2) is 12.1 Å². The highest BCUT2D eigenvalue weighted by molar-refractivity contribution is 6.30. The number of rotatable bonds is 4. The van der Waals surface area contributed by atoms with Gasteiger partial charge in [-0.1, -0.05) is 24.4 Å². The fourth-order valence-corrected chi connectivity index (χ4v) is 3.13. The number of hydrogen-bond acceptors (Lipinski definition) is 2. The van der Waals surface area contributed by atoms with Crippen LogP contribution in [-0.2, 0) is 0 Å². The topological polar surface area (TPSA) is 15.3 Å². The molecule has 0 unspecified atom stereocenters. The van der Waals surface area contributed by atoms with E-state index in [2.05, 4.69) is 10.2 Å². The standard InChI is InChI=1S/C15H19ClF2N2.ClH/c16-11-3-4-12(17)14(15(11)18)13(9-10-1-2-10)20-7-5-19-6-8-20;/h3-4,10,13,19H,1-2,5-9H2;1H/t13-;/m0./s1. The lowest BCUT2D eigenvalue weighted by Gasteiger charge is -2.35. The maximum atomic E-state index is 14.3. The Labute approximate surface area is 135 Å². The van der Waals surface area contributed by atoms with Crippen LogP contribution in [0.4, 0.5) is 8.78 Å². The molecule has 2 fully saturated rings. The number of benzene rings is 1. The van der Waals surface area contributed by atoms with Gasteiger partial charge < -0.3 is 5.32 Å². The first-order valence-electron chi connectivity index (χ1n) is 7.25. The average molecular weight is 337 g/mol. The van der Waals surface area contributed by atoms with Crippen LogP contribution < -0.4 is 5.32 Å². The Bertz CT molecular complexity index is 489. The lowest BCUT2D eigenvalue weighted by molar-refractivity contribution is 0.154. The third-order valence-corrected chi connectivity index (χ3v) is 4.55. The maximum absolute atomic E-state index is 14.3. The maximum Gasteiger partial charge on any atom is 0.149 e. The van der Waals surface area contributed by atoms with Gasteiger partial charge in [-0.25, -0.2) is 8.78 Å². The summed E-state index contributed by atoms with van der Waals surface area (Å²) in [6.45, 7) is 3.38. The van der Waals surface area contributed by atoms with Gasteiger partial charge in [0, 0.05) is 37.8 Å². The molecule has 1 N–H and O–H groups in total. The van der Waals surface area contributed by atoms with E-state index in [9.17, 15) is 8.78 Å². The van der Waals surface area contributed by atoms with Crippen molar-refractivity contribution in [2.75, 3.05) is 26.2 Å². The number of nitrogens with zero attached hydrogens (tertiary/aromatic N) is 1. The van der Waals surface area contributed by atoms with Crippen LogP contribution in [0.3, 0.4) is 0 Å². The van der Waals surface area contributed by atoms with Crippen LogP contribution in [-0.4, -0.2) is 31.1 Å². The van der Waals surface area contributed by atoms with Crippen molar-refractivity contribution in [2.24, 2.45) is 5.92 Å². The van der Waals surface area contributed by atoms with Crippen molar-refractivity contribution in [3.63, 3.8) is 0 Å². The molecule has 0 radical (unpaired) electrons. The SMILES string of the molecule is Cl.Fc1ccc(Cl)c(F)c1[C@H](CC1CC1)N1CCNCC1. The predicted octanol–water partition coefficient (Wildman–Crippen LogP) is 3.79. The number of nitrogens with one attached hydrogen (secondary N) is 1. The summed E-state index contributed by atoms with van der Waals surface area (Å²) in [5.74, 6) is -0.459. The molecule has 21 heavy (non-hydrogen) atoms. The van der Waals surface area contributed by atoms with Crippen molar-refractivity contribution in [1.29, 1.82) is 0 Å². The molecule has 1 aliphatic carbocycles. The van der Waals surface area contributed by atoms with E-state index >= 15 is 0 Å². The van der Waals surface area contributed by atoms with Crippen LogP contribution >= 0.6 is 24.0 Å². The van der Waals surface area contributed by atoms with Gasteiger partial charge in [-0.2, -0.15) is 0 Å². The minimum absolute atomic E-state index is 0. The van der Waals surface area contributed by atoms with E-state index in [1.54, 1.807) is 0 Å². The van der Waals surface area contributed by atoms with Crippen LogP contribution in [0, 0.1) is 17.6 Å². The Balaban J connectivity index is 0.00000161. The van der Waals surface area contributed by atoms with E-state index in [1.807, 2.05) is 0 Å². The minimum atomic E-state index is -0.587. The van der Waals surface area contributed by atoms with Crippen molar-refractivity contribution in [3.05, 3.63) is 34.4 Å². The molecule has 0 bridgehead atoms. The molecule has 0 amide bonds. The lowest BCUT2D eigenvalue weighted by Crippen LogP contribution is -2.45. The molecule has 0 aromatic heterocycles. The van der Waals surface area contributed by atoms with Crippen molar-refractivity contribution >= 4 is 24.0 Å². The Morgan fingerprint density at radius 1 is 1.24 bits per heavy atom. The fraction of sp³-hybridized carbons (Fsp3) is 0.600. The summed E-state index contributed by atoms with van der Waals surface area (Å²) in [5, 5.41) is 3.29. The molecule has 1 saturated heterocycles. The van der Waals surface area contributed by atoms with Crippen LogP contribution in [0.25, 0.3) is 0 Å².